The molecule has 1 amide bonds. The largest absolute Gasteiger partial charge is 0.351 e. The summed E-state index contributed by atoms with van der Waals surface area (Å²) in [6, 6.07) is 14.4. The first-order valence-corrected chi connectivity index (χ1v) is 9.12. The van der Waals surface area contributed by atoms with Gasteiger partial charge in [0.1, 0.15) is 0 Å². The van der Waals surface area contributed by atoms with Crippen molar-refractivity contribution in [1.82, 2.24) is 10.6 Å². The van der Waals surface area contributed by atoms with Gasteiger partial charge in [0.15, 0.2) is 5.11 Å². The molecule has 3 N–H and O–H groups in total. The standard InChI is InChI=1S/C18H15BrClN3OS/c1-10-15(17(24)22-14-7-5-12(19)6-8-14)16(23-18(25)21-10)11-3-2-4-13(20)9-11/h2-9,16H,1H3,(H,22,24)(H2,21,23,25). The van der Waals surface area contributed by atoms with Crippen molar-refractivity contribution in [2.24, 2.45) is 0 Å². The number of rotatable bonds is 3. The predicted octanol–water partition coefficient (Wildman–Crippen LogP) is 4.53. The molecule has 0 saturated carbocycles. The lowest BCUT2D eigenvalue weighted by Gasteiger charge is -2.30. The smallest absolute Gasteiger partial charge is 0.255 e. The molecule has 0 radical (unpaired) electrons. The topological polar surface area (TPSA) is 53.2 Å². The number of nitrogens with one attached hydrogen (secondary N) is 3. The van der Waals surface area contributed by atoms with Crippen molar-refractivity contribution in [2.75, 3.05) is 5.32 Å². The molecule has 1 unspecified atom stereocenters. The summed E-state index contributed by atoms with van der Waals surface area (Å²) in [5.74, 6) is -0.202. The van der Waals surface area contributed by atoms with E-state index in [0.717, 1.165) is 10.0 Å². The monoisotopic (exact) mass is 435 g/mol. The molecule has 1 atom stereocenters. The lowest BCUT2D eigenvalue weighted by atomic mass is 9.95. The van der Waals surface area contributed by atoms with E-state index in [1.54, 1.807) is 6.07 Å². The second-order valence-corrected chi connectivity index (χ2v) is 7.35. The second kappa shape index (κ2) is 7.56. The van der Waals surface area contributed by atoms with Crippen molar-refractivity contribution in [3.63, 3.8) is 0 Å². The summed E-state index contributed by atoms with van der Waals surface area (Å²) in [6.45, 7) is 1.83. The molecule has 0 bridgehead atoms. The van der Waals surface area contributed by atoms with Crippen LogP contribution in [0, 0.1) is 0 Å². The van der Waals surface area contributed by atoms with Crippen LogP contribution >= 0.6 is 39.7 Å². The number of halogens is 2. The fraction of sp³-hybridized carbons (Fsp3) is 0.111. The Balaban J connectivity index is 1.94. The zero-order chi connectivity index (χ0) is 18.0. The van der Waals surface area contributed by atoms with Crippen molar-refractivity contribution in [3.8, 4) is 0 Å². The van der Waals surface area contributed by atoms with Crippen molar-refractivity contribution < 1.29 is 4.79 Å². The van der Waals surface area contributed by atoms with Crippen LogP contribution in [0.5, 0.6) is 0 Å². The molecule has 1 aliphatic rings. The van der Waals surface area contributed by atoms with Crippen LogP contribution in [0.15, 0.2) is 64.3 Å². The molecule has 25 heavy (non-hydrogen) atoms. The van der Waals surface area contributed by atoms with Gasteiger partial charge in [-0.3, -0.25) is 4.79 Å². The average molecular weight is 437 g/mol. The van der Waals surface area contributed by atoms with E-state index < -0.39 is 0 Å². The van der Waals surface area contributed by atoms with Crippen LogP contribution < -0.4 is 16.0 Å². The zero-order valence-electron chi connectivity index (χ0n) is 13.3. The van der Waals surface area contributed by atoms with E-state index in [9.17, 15) is 4.79 Å². The number of thiocarbonyl (C=S) groups is 1. The van der Waals surface area contributed by atoms with Crippen molar-refractivity contribution in [1.29, 1.82) is 0 Å². The SMILES string of the molecule is CC1=C(C(=O)Nc2ccc(Br)cc2)C(c2cccc(Cl)c2)NC(=S)N1. The molecule has 0 aliphatic carbocycles. The Hall–Kier alpha value is -1.89. The first-order valence-electron chi connectivity index (χ1n) is 7.54. The minimum absolute atomic E-state index is 0.202. The van der Waals surface area contributed by atoms with E-state index in [4.69, 9.17) is 23.8 Å². The number of amides is 1. The van der Waals surface area contributed by atoms with Gasteiger partial charge in [-0.15, -0.1) is 0 Å². The van der Waals surface area contributed by atoms with Gasteiger partial charge in [0.05, 0.1) is 11.6 Å². The van der Waals surface area contributed by atoms with E-state index in [0.29, 0.717) is 27.1 Å². The van der Waals surface area contributed by atoms with Crippen molar-refractivity contribution >= 4 is 56.5 Å². The van der Waals surface area contributed by atoms with Gasteiger partial charge >= 0.3 is 0 Å². The maximum atomic E-state index is 12.9. The Morgan fingerprint density at radius 3 is 2.64 bits per heavy atom. The molecule has 3 rings (SSSR count). The number of hydrogen-bond acceptors (Lipinski definition) is 2. The van der Waals surface area contributed by atoms with Crippen LogP contribution in [0.4, 0.5) is 5.69 Å². The maximum Gasteiger partial charge on any atom is 0.255 e. The van der Waals surface area contributed by atoms with Crippen LogP contribution in [0.25, 0.3) is 0 Å². The molecule has 2 aromatic rings. The molecule has 0 aromatic heterocycles. The first kappa shape index (κ1) is 17.9. The van der Waals surface area contributed by atoms with E-state index >= 15 is 0 Å². The van der Waals surface area contributed by atoms with Gasteiger partial charge < -0.3 is 16.0 Å². The number of carbonyl (C=O) groups is 1. The molecule has 1 heterocycles. The van der Waals surface area contributed by atoms with Crippen LogP contribution in [-0.2, 0) is 4.79 Å². The number of benzene rings is 2. The van der Waals surface area contributed by atoms with Gasteiger partial charge in [0.25, 0.3) is 5.91 Å². The molecule has 0 saturated heterocycles. The third-order valence-electron chi connectivity index (χ3n) is 3.80. The van der Waals surface area contributed by atoms with Gasteiger partial charge in [-0.1, -0.05) is 39.7 Å². The number of anilines is 1. The fourth-order valence-electron chi connectivity index (χ4n) is 2.66. The van der Waals surface area contributed by atoms with E-state index in [1.165, 1.54) is 0 Å². The van der Waals surface area contributed by atoms with Gasteiger partial charge in [0, 0.05) is 20.9 Å². The number of allylic oxidation sites excluding steroid dienone is 1. The predicted molar refractivity (Wildman–Crippen MR) is 109 cm³/mol. The highest BCUT2D eigenvalue weighted by Gasteiger charge is 2.30. The summed E-state index contributed by atoms with van der Waals surface area (Å²) >= 11 is 14.7. The number of hydrogen-bond donors (Lipinski definition) is 3. The summed E-state index contributed by atoms with van der Waals surface area (Å²) in [5, 5.41) is 10.2. The Kier molecular flexibility index (Phi) is 5.42. The van der Waals surface area contributed by atoms with Gasteiger partial charge in [-0.05, 0) is 61.1 Å². The Bertz CT molecular complexity index is 867. The van der Waals surface area contributed by atoms with Crippen molar-refractivity contribution in [2.45, 2.75) is 13.0 Å². The molecular formula is C18H15BrClN3OS. The molecule has 7 heteroatoms. The van der Waals surface area contributed by atoms with E-state index in [-0.39, 0.29) is 11.9 Å². The maximum absolute atomic E-state index is 12.9. The van der Waals surface area contributed by atoms with E-state index in [2.05, 4.69) is 31.9 Å². The molecule has 0 spiro atoms. The van der Waals surface area contributed by atoms with Crippen LogP contribution in [0.3, 0.4) is 0 Å². The highest BCUT2D eigenvalue weighted by Crippen LogP contribution is 2.29. The highest BCUT2D eigenvalue weighted by atomic mass is 79.9. The molecule has 2 aromatic carbocycles. The van der Waals surface area contributed by atoms with Gasteiger partial charge in [-0.2, -0.15) is 0 Å². The summed E-state index contributed by atoms with van der Waals surface area (Å²) in [7, 11) is 0. The Morgan fingerprint density at radius 2 is 1.96 bits per heavy atom. The van der Waals surface area contributed by atoms with Crippen molar-refractivity contribution in [3.05, 3.63) is 74.9 Å². The normalized spacial score (nSPS) is 16.9. The lowest BCUT2D eigenvalue weighted by molar-refractivity contribution is -0.113. The minimum atomic E-state index is -0.372. The molecule has 4 nitrogen and oxygen atoms in total. The Labute approximate surface area is 164 Å². The van der Waals surface area contributed by atoms with Crippen LogP contribution in [0.2, 0.25) is 5.02 Å². The first-order chi connectivity index (χ1) is 11.9. The molecule has 128 valence electrons. The Morgan fingerprint density at radius 1 is 1.24 bits per heavy atom. The average Bonchev–Trinajstić information content (AvgIpc) is 2.56. The highest BCUT2D eigenvalue weighted by molar-refractivity contribution is 9.10. The van der Waals surface area contributed by atoms with Gasteiger partial charge in [0.2, 0.25) is 0 Å². The summed E-state index contributed by atoms with van der Waals surface area (Å²) < 4.78 is 0.948. The van der Waals surface area contributed by atoms with Crippen LogP contribution in [-0.4, -0.2) is 11.0 Å². The summed E-state index contributed by atoms with van der Waals surface area (Å²) in [6.07, 6.45) is 0. The quantitative estimate of drug-likeness (QED) is 0.619. The minimum Gasteiger partial charge on any atom is -0.351 e. The van der Waals surface area contributed by atoms with Crippen LogP contribution in [0.1, 0.15) is 18.5 Å². The third kappa shape index (κ3) is 4.21. The zero-order valence-corrected chi connectivity index (χ0v) is 16.4. The lowest BCUT2D eigenvalue weighted by Crippen LogP contribution is -2.45. The molecule has 1 aliphatic heterocycles. The number of carbonyl (C=O) groups excluding carboxylic acids is 1. The summed E-state index contributed by atoms with van der Waals surface area (Å²) in [5.41, 5.74) is 2.87. The third-order valence-corrected chi connectivity index (χ3v) is 4.78. The summed E-state index contributed by atoms with van der Waals surface area (Å²) in [4.78, 5) is 12.9. The van der Waals surface area contributed by atoms with E-state index in [1.807, 2.05) is 49.4 Å². The molecule has 0 fully saturated rings. The fourth-order valence-corrected chi connectivity index (χ4v) is 3.40. The van der Waals surface area contributed by atoms with Gasteiger partial charge in [-0.25, -0.2) is 0 Å². The molecular weight excluding hydrogens is 422 g/mol. The second-order valence-electron chi connectivity index (χ2n) is 5.59.